The number of ether oxygens (including phenoxy) is 3. The average Bonchev–Trinajstić information content (AvgIpc) is 2.62. The Kier molecular flexibility index (Phi) is 9.14. The molecule has 0 heterocycles. The van der Waals surface area contributed by atoms with Crippen molar-refractivity contribution in [3.63, 3.8) is 0 Å². The largest absolute Gasteiger partial charge is 0.460 e. The SMILES string of the molecule is CC(C)[C@@H](C)C(=O)O[C@H](C)[C@H](NC(=O)OC(C)(C)C)C(=O)OCc1ccccc1. The van der Waals surface area contributed by atoms with E-state index in [9.17, 15) is 14.4 Å². The number of benzene rings is 1. The second kappa shape index (κ2) is 10.8. The van der Waals surface area contributed by atoms with Crippen molar-refractivity contribution >= 4 is 18.0 Å². The summed E-state index contributed by atoms with van der Waals surface area (Å²) < 4.78 is 16.0. The molecule has 3 atom stereocenters. The Morgan fingerprint density at radius 3 is 2.07 bits per heavy atom. The second-order valence-corrected chi connectivity index (χ2v) is 8.39. The number of alkyl carbamates (subject to hydrolysis) is 1. The quantitative estimate of drug-likeness (QED) is 0.520. The maximum atomic E-state index is 12.7. The van der Waals surface area contributed by atoms with E-state index in [0.717, 1.165) is 5.56 Å². The highest BCUT2D eigenvalue weighted by Gasteiger charge is 2.34. The molecule has 29 heavy (non-hydrogen) atoms. The predicted molar refractivity (Wildman–Crippen MR) is 109 cm³/mol. The zero-order chi connectivity index (χ0) is 22.2. The summed E-state index contributed by atoms with van der Waals surface area (Å²) in [4.78, 5) is 37.2. The molecule has 0 aliphatic rings. The molecule has 7 nitrogen and oxygen atoms in total. The van der Waals surface area contributed by atoms with Gasteiger partial charge in [0.2, 0.25) is 0 Å². The summed E-state index contributed by atoms with van der Waals surface area (Å²) in [6.45, 7) is 12.3. The van der Waals surface area contributed by atoms with Crippen LogP contribution in [0.2, 0.25) is 0 Å². The van der Waals surface area contributed by atoms with Crippen LogP contribution in [0.3, 0.4) is 0 Å². The molecule has 7 heteroatoms. The smallest absolute Gasteiger partial charge is 0.408 e. The van der Waals surface area contributed by atoms with E-state index < -0.39 is 35.8 Å². The van der Waals surface area contributed by atoms with Gasteiger partial charge in [0, 0.05) is 0 Å². The molecule has 0 fully saturated rings. The molecule has 0 aromatic heterocycles. The lowest BCUT2D eigenvalue weighted by Crippen LogP contribution is -2.51. The summed E-state index contributed by atoms with van der Waals surface area (Å²) in [6, 6.07) is 7.95. The Balaban J connectivity index is 2.87. The average molecular weight is 408 g/mol. The fourth-order valence-corrected chi connectivity index (χ4v) is 2.25. The lowest BCUT2D eigenvalue weighted by Gasteiger charge is -2.27. The van der Waals surface area contributed by atoms with Gasteiger partial charge in [-0.3, -0.25) is 4.79 Å². The standard InChI is InChI=1S/C22H33NO6/c1-14(2)15(3)19(24)28-16(4)18(23-21(26)29-22(5,6)7)20(25)27-13-17-11-9-8-10-12-17/h8-12,14-16,18H,13H2,1-7H3,(H,23,26)/t15-,16-,18+/m1/s1. The van der Waals surface area contributed by atoms with Crippen LogP contribution in [0.5, 0.6) is 0 Å². The third-order valence-electron chi connectivity index (χ3n) is 4.29. The molecule has 0 radical (unpaired) electrons. The third kappa shape index (κ3) is 8.98. The summed E-state index contributed by atoms with van der Waals surface area (Å²) in [7, 11) is 0. The van der Waals surface area contributed by atoms with Crippen molar-refractivity contribution in [3.05, 3.63) is 35.9 Å². The number of carbonyl (C=O) groups is 3. The molecule has 0 saturated heterocycles. The van der Waals surface area contributed by atoms with Gasteiger partial charge in [-0.1, -0.05) is 51.1 Å². The molecule has 0 aliphatic heterocycles. The number of carbonyl (C=O) groups excluding carboxylic acids is 3. The van der Waals surface area contributed by atoms with Crippen molar-refractivity contribution in [3.8, 4) is 0 Å². The molecular formula is C22H33NO6. The van der Waals surface area contributed by atoms with Crippen LogP contribution in [0.1, 0.15) is 54.0 Å². The van der Waals surface area contributed by atoms with E-state index in [1.165, 1.54) is 6.92 Å². The minimum Gasteiger partial charge on any atom is -0.460 e. The minimum atomic E-state index is -1.20. The summed E-state index contributed by atoms with van der Waals surface area (Å²) in [5.41, 5.74) is 0.0595. The first-order chi connectivity index (χ1) is 13.4. The van der Waals surface area contributed by atoms with Crippen LogP contribution in [0.4, 0.5) is 4.79 Å². The van der Waals surface area contributed by atoms with Crippen LogP contribution in [0.25, 0.3) is 0 Å². The monoisotopic (exact) mass is 407 g/mol. The summed E-state index contributed by atoms with van der Waals surface area (Å²) in [6.07, 6.45) is -1.72. The highest BCUT2D eigenvalue weighted by molar-refractivity contribution is 5.82. The number of amides is 1. The molecule has 1 N–H and O–H groups in total. The summed E-state index contributed by atoms with van der Waals surface area (Å²) in [5, 5.41) is 2.47. The van der Waals surface area contributed by atoms with Crippen molar-refractivity contribution in [2.75, 3.05) is 0 Å². The van der Waals surface area contributed by atoms with Crippen LogP contribution >= 0.6 is 0 Å². The van der Waals surface area contributed by atoms with Crippen LogP contribution < -0.4 is 5.32 Å². The zero-order valence-corrected chi connectivity index (χ0v) is 18.4. The maximum absolute atomic E-state index is 12.7. The number of nitrogens with one attached hydrogen (secondary N) is 1. The number of hydrogen-bond donors (Lipinski definition) is 1. The fraction of sp³-hybridized carbons (Fsp3) is 0.591. The van der Waals surface area contributed by atoms with E-state index >= 15 is 0 Å². The van der Waals surface area contributed by atoms with E-state index in [0.29, 0.717) is 0 Å². The molecule has 1 aromatic rings. The Morgan fingerprint density at radius 1 is 0.966 bits per heavy atom. The van der Waals surface area contributed by atoms with Gasteiger partial charge in [0.05, 0.1) is 5.92 Å². The number of rotatable bonds is 8. The van der Waals surface area contributed by atoms with Crippen LogP contribution in [-0.4, -0.2) is 35.8 Å². The lowest BCUT2D eigenvalue weighted by atomic mass is 9.98. The molecule has 0 unspecified atom stereocenters. The van der Waals surface area contributed by atoms with Gasteiger partial charge in [0.15, 0.2) is 6.04 Å². The topological polar surface area (TPSA) is 90.9 Å². The molecule has 0 bridgehead atoms. The van der Waals surface area contributed by atoms with Crippen molar-refractivity contribution < 1.29 is 28.6 Å². The number of hydrogen-bond acceptors (Lipinski definition) is 6. The molecule has 1 amide bonds. The first-order valence-corrected chi connectivity index (χ1v) is 9.81. The van der Waals surface area contributed by atoms with Gasteiger partial charge in [0.25, 0.3) is 0 Å². The van der Waals surface area contributed by atoms with Crippen molar-refractivity contribution in [1.29, 1.82) is 0 Å². The highest BCUT2D eigenvalue weighted by atomic mass is 16.6. The second-order valence-electron chi connectivity index (χ2n) is 8.39. The van der Waals surface area contributed by atoms with Crippen molar-refractivity contribution in [1.82, 2.24) is 5.32 Å². The molecule has 1 rings (SSSR count). The van der Waals surface area contributed by atoms with Crippen LogP contribution in [0, 0.1) is 11.8 Å². The van der Waals surface area contributed by atoms with E-state index in [-0.39, 0.29) is 18.4 Å². The zero-order valence-electron chi connectivity index (χ0n) is 18.4. The highest BCUT2D eigenvalue weighted by Crippen LogP contribution is 2.15. The van der Waals surface area contributed by atoms with Gasteiger partial charge in [-0.05, 0) is 39.2 Å². The van der Waals surface area contributed by atoms with E-state index in [1.54, 1.807) is 27.7 Å². The van der Waals surface area contributed by atoms with Gasteiger partial charge < -0.3 is 19.5 Å². The number of esters is 2. The van der Waals surface area contributed by atoms with Crippen LogP contribution in [0.15, 0.2) is 30.3 Å². The van der Waals surface area contributed by atoms with E-state index in [1.807, 2.05) is 44.2 Å². The molecule has 1 aromatic carbocycles. The van der Waals surface area contributed by atoms with Crippen LogP contribution in [-0.2, 0) is 30.4 Å². The molecule has 0 aliphatic carbocycles. The normalized spacial score (nSPS) is 14.5. The van der Waals surface area contributed by atoms with Crippen molar-refractivity contribution in [2.45, 2.75) is 72.8 Å². The Morgan fingerprint density at radius 2 is 1.55 bits per heavy atom. The Hall–Kier alpha value is -2.57. The Bertz CT molecular complexity index is 680. The first kappa shape index (κ1) is 24.5. The maximum Gasteiger partial charge on any atom is 0.408 e. The van der Waals surface area contributed by atoms with Gasteiger partial charge in [-0.2, -0.15) is 0 Å². The molecule has 0 spiro atoms. The van der Waals surface area contributed by atoms with Gasteiger partial charge in [-0.15, -0.1) is 0 Å². The predicted octanol–water partition coefficient (Wildman–Crippen LogP) is 3.85. The molecular weight excluding hydrogens is 374 g/mol. The third-order valence-corrected chi connectivity index (χ3v) is 4.29. The molecule has 162 valence electrons. The fourth-order valence-electron chi connectivity index (χ4n) is 2.25. The minimum absolute atomic E-state index is 0.0369. The first-order valence-electron chi connectivity index (χ1n) is 9.81. The van der Waals surface area contributed by atoms with Gasteiger partial charge in [-0.25, -0.2) is 9.59 Å². The summed E-state index contributed by atoms with van der Waals surface area (Å²) in [5.74, 6) is -1.42. The molecule has 0 saturated carbocycles. The summed E-state index contributed by atoms with van der Waals surface area (Å²) >= 11 is 0. The van der Waals surface area contributed by atoms with E-state index in [2.05, 4.69) is 5.32 Å². The van der Waals surface area contributed by atoms with Gasteiger partial charge >= 0.3 is 18.0 Å². The van der Waals surface area contributed by atoms with Gasteiger partial charge in [0.1, 0.15) is 18.3 Å². The van der Waals surface area contributed by atoms with Crippen molar-refractivity contribution in [2.24, 2.45) is 11.8 Å². The Labute approximate surface area is 173 Å². The van der Waals surface area contributed by atoms with E-state index in [4.69, 9.17) is 14.2 Å². The lowest BCUT2D eigenvalue weighted by molar-refractivity contribution is -0.161.